The van der Waals surface area contributed by atoms with Crippen molar-refractivity contribution in [2.75, 3.05) is 11.5 Å². The summed E-state index contributed by atoms with van der Waals surface area (Å²) in [5.41, 5.74) is 1.51. The van der Waals surface area contributed by atoms with Gasteiger partial charge < -0.3 is 0 Å². The predicted molar refractivity (Wildman–Crippen MR) is 70.4 cm³/mol. The van der Waals surface area contributed by atoms with E-state index in [0.717, 1.165) is 0 Å². The molecule has 0 amide bonds. The quantitative estimate of drug-likeness (QED) is 0.712. The Hall–Kier alpha value is -0.340. The lowest BCUT2D eigenvalue weighted by molar-refractivity contribution is 0.793. The molecule has 0 radical (unpaired) electrons. The highest BCUT2D eigenvalue weighted by Crippen LogP contribution is 2.51. The lowest BCUT2D eigenvalue weighted by atomic mass is 9.99. The Morgan fingerprint density at radius 1 is 1.00 bits per heavy atom. The van der Waals surface area contributed by atoms with Crippen LogP contribution in [0.15, 0.2) is 40.1 Å². The number of hydrogen-bond acceptors (Lipinski definition) is 2. The Kier molecular flexibility index (Phi) is 2.80. The molecule has 0 bridgehead atoms. The predicted octanol–water partition coefficient (Wildman–Crippen LogP) is 4.26. The number of hydrogen-bond donors (Lipinski definition) is 0. The van der Waals surface area contributed by atoms with E-state index in [2.05, 4.69) is 53.9 Å². The van der Waals surface area contributed by atoms with Crippen molar-refractivity contribution >= 4 is 23.5 Å². The van der Waals surface area contributed by atoms with Gasteiger partial charge in [0.25, 0.3) is 0 Å². The number of thioether (sulfide) groups is 2. The van der Waals surface area contributed by atoms with E-state index in [1.165, 1.54) is 29.9 Å². The lowest BCUT2D eigenvalue weighted by Crippen LogP contribution is -1.99. The SMILES string of the molecule is c1ccc(C2CCC3=C2SCCS3)cc1. The van der Waals surface area contributed by atoms with Gasteiger partial charge in [-0.15, -0.1) is 23.5 Å². The summed E-state index contributed by atoms with van der Waals surface area (Å²) in [7, 11) is 0. The van der Waals surface area contributed by atoms with E-state index in [1.807, 2.05) is 0 Å². The largest absolute Gasteiger partial charge is 0.129 e. The van der Waals surface area contributed by atoms with Gasteiger partial charge in [0, 0.05) is 22.3 Å². The van der Waals surface area contributed by atoms with Gasteiger partial charge in [-0.25, -0.2) is 0 Å². The summed E-state index contributed by atoms with van der Waals surface area (Å²) in [6.45, 7) is 0. The Morgan fingerprint density at radius 3 is 2.67 bits per heavy atom. The average Bonchev–Trinajstić information content (AvgIpc) is 2.74. The van der Waals surface area contributed by atoms with Crippen LogP contribution in [0.2, 0.25) is 0 Å². The molecule has 0 aromatic heterocycles. The first-order valence-corrected chi connectivity index (χ1v) is 7.46. The molecule has 0 N–H and O–H groups in total. The van der Waals surface area contributed by atoms with Gasteiger partial charge in [-0.1, -0.05) is 30.3 Å². The van der Waals surface area contributed by atoms with Crippen LogP contribution < -0.4 is 0 Å². The molecule has 1 aromatic carbocycles. The fourth-order valence-electron chi connectivity index (χ4n) is 2.37. The highest BCUT2D eigenvalue weighted by Gasteiger charge is 2.29. The molecule has 1 aliphatic heterocycles. The van der Waals surface area contributed by atoms with Gasteiger partial charge in [0.1, 0.15) is 0 Å². The Labute approximate surface area is 99.5 Å². The topological polar surface area (TPSA) is 0 Å². The van der Waals surface area contributed by atoms with E-state index in [-0.39, 0.29) is 0 Å². The maximum Gasteiger partial charge on any atom is 0.0160 e. The molecule has 78 valence electrons. The van der Waals surface area contributed by atoms with Crippen molar-refractivity contribution in [2.24, 2.45) is 0 Å². The minimum atomic E-state index is 0.707. The van der Waals surface area contributed by atoms with Crippen LogP contribution in [-0.4, -0.2) is 11.5 Å². The van der Waals surface area contributed by atoms with Gasteiger partial charge in [0.15, 0.2) is 0 Å². The number of allylic oxidation sites excluding steroid dienone is 2. The van der Waals surface area contributed by atoms with Crippen LogP contribution in [0.1, 0.15) is 24.3 Å². The first-order chi connectivity index (χ1) is 7.45. The van der Waals surface area contributed by atoms with Gasteiger partial charge in [0.05, 0.1) is 0 Å². The zero-order chi connectivity index (χ0) is 10.1. The van der Waals surface area contributed by atoms with Gasteiger partial charge >= 0.3 is 0 Å². The second-order valence-corrected chi connectivity index (χ2v) is 6.31. The maximum atomic E-state index is 2.28. The molecule has 1 aromatic rings. The molecule has 2 heteroatoms. The standard InChI is InChI=1S/C13H14S2/c1-2-4-10(5-3-1)11-6-7-12-13(11)15-9-8-14-12/h1-5,11H,6-9H2. The highest BCUT2D eigenvalue weighted by molar-refractivity contribution is 8.10. The van der Waals surface area contributed by atoms with E-state index >= 15 is 0 Å². The van der Waals surface area contributed by atoms with Crippen LogP contribution in [0.4, 0.5) is 0 Å². The van der Waals surface area contributed by atoms with Crippen LogP contribution in [0.5, 0.6) is 0 Å². The normalized spacial score (nSPS) is 25.5. The van der Waals surface area contributed by atoms with Crippen LogP contribution in [0, 0.1) is 0 Å². The molecular formula is C13H14S2. The summed E-state index contributed by atoms with van der Waals surface area (Å²) in [5.74, 6) is 3.32. The molecule has 1 unspecified atom stereocenters. The Balaban J connectivity index is 1.93. The molecule has 2 aliphatic rings. The van der Waals surface area contributed by atoms with Crippen molar-refractivity contribution in [1.82, 2.24) is 0 Å². The van der Waals surface area contributed by atoms with Crippen molar-refractivity contribution in [3.05, 3.63) is 45.7 Å². The molecule has 3 rings (SSSR count). The van der Waals surface area contributed by atoms with Crippen LogP contribution in [-0.2, 0) is 0 Å². The van der Waals surface area contributed by atoms with Gasteiger partial charge in [-0.05, 0) is 23.3 Å². The molecule has 0 fully saturated rings. The van der Waals surface area contributed by atoms with E-state index in [1.54, 1.807) is 9.81 Å². The molecule has 1 aliphatic carbocycles. The molecule has 0 nitrogen and oxygen atoms in total. The van der Waals surface area contributed by atoms with Crippen LogP contribution in [0.3, 0.4) is 0 Å². The van der Waals surface area contributed by atoms with Crippen molar-refractivity contribution in [2.45, 2.75) is 18.8 Å². The van der Waals surface area contributed by atoms with Crippen molar-refractivity contribution in [3.8, 4) is 0 Å². The summed E-state index contributed by atoms with van der Waals surface area (Å²) in [5, 5.41) is 0. The third kappa shape index (κ3) is 1.85. The molecular weight excluding hydrogens is 220 g/mol. The van der Waals surface area contributed by atoms with Crippen LogP contribution >= 0.6 is 23.5 Å². The summed E-state index contributed by atoms with van der Waals surface area (Å²) < 4.78 is 0. The Morgan fingerprint density at radius 2 is 1.80 bits per heavy atom. The van der Waals surface area contributed by atoms with Crippen molar-refractivity contribution in [1.29, 1.82) is 0 Å². The third-order valence-electron chi connectivity index (χ3n) is 3.07. The van der Waals surface area contributed by atoms with E-state index in [9.17, 15) is 0 Å². The Bertz CT molecular complexity index is 381. The van der Waals surface area contributed by atoms with Gasteiger partial charge in [0.2, 0.25) is 0 Å². The molecule has 1 heterocycles. The third-order valence-corrected chi connectivity index (χ3v) is 5.89. The minimum Gasteiger partial charge on any atom is -0.129 e. The molecule has 0 saturated heterocycles. The summed E-state index contributed by atoms with van der Waals surface area (Å²) in [6.07, 6.45) is 2.64. The monoisotopic (exact) mass is 234 g/mol. The lowest BCUT2D eigenvalue weighted by Gasteiger charge is -2.18. The van der Waals surface area contributed by atoms with E-state index in [4.69, 9.17) is 0 Å². The number of rotatable bonds is 1. The fraction of sp³-hybridized carbons (Fsp3) is 0.385. The maximum absolute atomic E-state index is 2.28. The molecule has 1 atom stereocenters. The van der Waals surface area contributed by atoms with E-state index in [0.29, 0.717) is 5.92 Å². The van der Waals surface area contributed by atoms with Gasteiger partial charge in [-0.3, -0.25) is 0 Å². The minimum absolute atomic E-state index is 0.707. The fourth-order valence-corrected chi connectivity index (χ4v) is 5.12. The second kappa shape index (κ2) is 4.26. The van der Waals surface area contributed by atoms with Crippen molar-refractivity contribution < 1.29 is 0 Å². The molecule has 0 spiro atoms. The molecule has 15 heavy (non-hydrogen) atoms. The highest BCUT2D eigenvalue weighted by atomic mass is 32.2. The smallest absolute Gasteiger partial charge is 0.0160 e. The summed E-state index contributed by atoms with van der Waals surface area (Å²) in [4.78, 5) is 3.36. The second-order valence-electron chi connectivity index (χ2n) is 3.99. The number of benzene rings is 1. The average molecular weight is 234 g/mol. The summed E-state index contributed by atoms with van der Waals surface area (Å²) >= 11 is 4.19. The summed E-state index contributed by atoms with van der Waals surface area (Å²) in [6, 6.07) is 11.0. The van der Waals surface area contributed by atoms with Gasteiger partial charge in [-0.2, -0.15) is 0 Å². The van der Waals surface area contributed by atoms with E-state index < -0.39 is 0 Å². The van der Waals surface area contributed by atoms with Crippen molar-refractivity contribution in [3.63, 3.8) is 0 Å². The molecule has 0 saturated carbocycles. The van der Waals surface area contributed by atoms with Crippen LogP contribution in [0.25, 0.3) is 0 Å². The zero-order valence-corrected chi connectivity index (χ0v) is 10.2. The first-order valence-electron chi connectivity index (χ1n) is 5.49. The first kappa shape index (κ1) is 9.86. The zero-order valence-electron chi connectivity index (χ0n) is 8.61.